The summed E-state index contributed by atoms with van der Waals surface area (Å²) in [5, 5.41) is 0. The van der Waals surface area contributed by atoms with Crippen LogP contribution < -0.4 is 0 Å². The van der Waals surface area contributed by atoms with E-state index < -0.39 is 0 Å². The molecule has 18 heavy (non-hydrogen) atoms. The van der Waals surface area contributed by atoms with Gasteiger partial charge in [0, 0.05) is 0 Å². The van der Waals surface area contributed by atoms with Gasteiger partial charge in [-0.15, -0.1) is 0 Å². The minimum Gasteiger partial charge on any atom is -0.466 e. The van der Waals surface area contributed by atoms with Crippen LogP contribution in [-0.2, 0) is 14.3 Å². The average Bonchev–Trinajstić information content (AvgIpc) is 3.18. The van der Waals surface area contributed by atoms with Gasteiger partial charge in [0.05, 0.1) is 25.2 Å². The Bertz CT molecular complexity index is 449. The first kappa shape index (κ1) is 12.6. The lowest BCUT2D eigenvalue weighted by Crippen LogP contribution is -2.07. The van der Waals surface area contributed by atoms with E-state index in [1.165, 1.54) is 7.11 Å². The van der Waals surface area contributed by atoms with Crippen LogP contribution in [0.25, 0.3) is 0 Å². The van der Waals surface area contributed by atoms with Crippen molar-refractivity contribution in [1.82, 2.24) is 0 Å². The number of benzene rings is 1. The highest BCUT2D eigenvalue weighted by atomic mass is 16.5. The molecular weight excluding hydrogens is 232 g/mol. The summed E-state index contributed by atoms with van der Waals surface area (Å²) < 4.78 is 9.61. The minimum absolute atomic E-state index is 0.0195. The Hall–Kier alpha value is -1.84. The Morgan fingerprint density at radius 3 is 2.50 bits per heavy atom. The van der Waals surface area contributed by atoms with Crippen molar-refractivity contribution in [3.63, 3.8) is 0 Å². The maximum atomic E-state index is 11.5. The van der Waals surface area contributed by atoms with Crippen LogP contribution in [-0.4, -0.2) is 25.7 Å². The maximum absolute atomic E-state index is 11.5. The summed E-state index contributed by atoms with van der Waals surface area (Å²) in [6.07, 6.45) is 0.830. The predicted octanol–water partition coefficient (Wildman–Crippen LogP) is 2.14. The number of carbonyl (C=O) groups is 2. The molecule has 0 aliphatic heterocycles. The molecule has 0 heterocycles. The topological polar surface area (TPSA) is 52.6 Å². The van der Waals surface area contributed by atoms with Gasteiger partial charge >= 0.3 is 11.9 Å². The van der Waals surface area contributed by atoms with E-state index in [0.717, 1.165) is 12.0 Å². The molecule has 2 rings (SSSR count). The molecule has 96 valence electrons. The van der Waals surface area contributed by atoms with Crippen LogP contribution in [0.15, 0.2) is 24.3 Å². The fraction of sp³-hybridized carbons (Fsp3) is 0.429. The molecule has 1 aliphatic carbocycles. The third-order valence-electron chi connectivity index (χ3n) is 3.14. The molecular formula is C14H16O4. The van der Waals surface area contributed by atoms with Gasteiger partial charge in [-0.1, -0.05) is 12.1 Å². The molecule has 4 nitrogen and oxygen atoms in total. The highest BCUT2D eigenvalue weighted by molar-refractivity contribution is 5.89. The lowest BCUT2D eigenvalue weighted by Gasteiger charge is -2.03. The van der Waals surface area contributed by atoms with Crippen molar-refractivity contribution in [1.29, 1.82) is 0 Å². The van der Waals surface area contributed by atoms with Crippen molar-refractivity contribution < 1.29 is 19.1 Å². The predicted molar refractivity (Wildman–Crippen MR) is 65.3 cm³/mol. The Kier molecular flexibility index (Phi) is 3.65. The van der Waals surface area contributed by atoms with Gasteiger partial charge in [0.1, 0.15) is 0 Å². The smallest absolute Gasteiger partial charge is 0.337 e. The molecule has 2 atom stereocenters. The van der Waals surface area contributed by atoms with E-state index in [2.05, 4.69) is 4.74 Å². The fourth-order valence-corrected chi connectivity index (χ4v) is 2.06. The number of esters is 2. The zero-order chi connectivity index (χ0) is 13.1. The van der Waals surface area contributed by atoms with Crippen LogP contribution in [0.5, 0.6) is 0 Å². The molecule has 1 aromatic rings. The van der Waals surface area contributed by atoms with Crippen molar-refractivity contribution in [3.8, 4) is 0 Å². The second-order valence-electron chi connectivity index (χ2n) is 4.31. The average molecular weight is 248 g/mol. The molecule has 1 aliphatic rings. The molecule has 1 fully saturated rings. The van der Waals surface area contributed by atoms with Gasteiger partial charge in [-0.05, 0) is 37.0 Å². The second kappa shape index (κ2) is 5.21. The number of hydrogen-bond acceptors (Lipinski definition) is 4. The number of hydrogen-bond donors (Lipinski definition) is 0. The van der Waals surface area contributed by atoms with E-state index >= 15 is 0 Å². The Labute approximate surface area is 106 Å². The van der Waals surface area contributed by atoms with Gasteiger partial charge in [-0.2, -0.15) is 0 Å². The summed E-state index contributed by atoms with van der Waals surface area (Å²) >= 11 is 0. The molecule has 2 unspecified atom stereocenters. The van der Waals surface area contributed by atoms with Crippen molar-refractivity contribution in [2.75, 3.05) is 13.7 Å². The summed E-state index contributed by atoms with van der Waals surface area (Å²) in [4.78, 5) is 22.8. The van der Waals surface area contributed by atoms with Crippen LogP contribution in [0.3, 0.4) is 0 Å². The molecule has 1 aromatic carbocycles. The first-order chi connectivity index (χ1) is 8.67. The van der Waals surface area contributed by atoms with Crippen molar-refractivity contribution in [2.24, 2.45) is 5.92 Å². The van der Waals surface area contributed by atoms with Crippen LogP contribution >= 0.6 is 0 Å². The van der Waals surface area contributed by atoms with Crippen LogP contribution in [0.2, 0.25) is 0 Å². The van der Waals surface area contributed by atoms with E-state index in [4.69, 9.17) is 4.74 Å². The van der Waals surface area contributed by atoms with Crippen molar-refractivity contribution >= 4 is 11.9 Å². The molecule has 0 amide bonds. The molecule has 0 radical (unpaired) electrons. The van der Waals surface area contributed by atoms with Gasteiger partial charge in [0.2, 0.25) is 0 Å². The first-order valence-electron chi connectivity index (χ1n) is 6.02. The van der Waals surface area contributed by atoms with Crippen molar-refractivity contribution in [2.45, 2.75) is 19.3 Å². The lowest BCUT2D eigenvalue weighted by atomic mass is 10.1. The van der Waals surface area contributed by atoms with E-state index in [9.17, 15) is 9.59 Å². The maximum Gasteiger partial charge on any atom is 0.337 e. The summed E-state index contributed by atoms with van der Waals surface area (Å²) in [5.41, 5.74) is 1.59. The Morgan fingerprint density at radius 2 is 1.94 bits per heavy atom. The first-order valence-corrected chi connectivity index (χ1v) is 6.02. The number of carbonyl (C=O) groups excluding carboxylic acids is 2. The standard InChI is InChI=1S/C14H16O4/c1-3-18-14(16)12-8-11(12)9-4-6-10(7-5-9)13(15)17-2/h4-7,11-12H,3,8H2,1-2H3. The number of methoxy groups -OCH3 is 1. The minimum atomic E-state index is -0.348. The molecule has 1 saturated carbocycles. The van der Waals surface area contributed by atoms with Gasteiger partial charge in [-0.25, -0.2) is 4.79 Å². The Morgan fingerprint density at radius 1 is 1.28 bits per heavy atom. The number of ether oxygens (including phenoxy) is 2. The van der Waals surface area contributed by atoms with E-state index in [-0.39, 0.29) is 23.8 Å². The highest BCUT2D eigenvalue weighted by Crippen LogP contribution is 2.48. The summed E-state index contributed by atoms with van der Waals surface area (Å²) in [5.74, 6) is -0.261. The Balaban J connectivity index is 2.00. The largest absolute Gasteiger partial charge is 0.466 e. The van der Waals surface area contributed by atoms with E-state index in [0.29, 0.717) is 12.2 Å². The normalized spacial score (nSPS) is 21.2. The van der Waals surface area contributed by atoms with Crippen molar-refractivity contribution in [3.05, 3.63) is 35.4 Å². The summed E-state index contributed by atoms with van der Waals surface area (Å²) in [6, 6.07) is 7.19. The van der Waals surface area contributed by atoms with E-state index in [1.807, 2.05) is 12.1 Å². The molecule has 0 N–H and O–H groups in total. The highest BCUT2D eigenvalue weighted by Gasteiger charge is 2.45. The van der Waals surface area contributed by atoms with Gasteiger partial charge in [-0.3, -0.25) is 4.79 Å². The zero-order valence-corrected chi connectivity index (χ0v) is 10.5. The SMILES string of the molecule is CCOC(=O)C1CC1c1ccc(C(=O)OC)cc1. The fourth-order valence-electron chi connectivity index (χ4n) is 2.06. The summed E-state index contributed by atoms with van der Waals surface area (Å²) in [6.45, 7) is 2.23. The molecule has 0 bridgehead atoms. The quantitative estimate of drug-likeness (QED) is 0.766. The monoisotopic (exact) mass is 248 g/mol. The molecule has 4 heteroatoms. The van der Waals surface area contributed by atoms with Crippen LogP contribution in [0.1, 0.15) is 35.2 Å². The number of rotatable bonds is 4. The zero-order valence-electron chi connectivity index (χ0n) is 10.5. The van der Waals surface area contributed by atoms with E-state index in [1.54, 1.807) is 19.1 Å². The summed E-state index contributed by atoms with van der Waals surface area (Å²) in [7, 11) is 1.36. The third-order valence-corrected chi connectivity index (χ3v) is 3.14. The van der Waals surface area contributed by atoms with Gasteiger partial charge in [0.15, 0.2) is 0 Å². The molecule has 0 spiro atoms. The van der Waals surface area contributed by atoms with Gasteiger partial charge in [0.25, 0.3) is 0 Å². The lowest BCUT2D eigenvalue weighted by molar-refractivity contribution is -0.144. The molecule has 0 aromatic heterocycles. The third kappa shape index (κ3) is 2.53. The molecule has 0 saturated heterocycles. The second-order valence-corrected chi connectivity index (χ2v) is 4.31. The van der Waals surface area contributed by atoms with Crippen LogP contribution in [0.4, 0.5) is 0 Å². The van der Waals surface area contributed by atoms with Crippen LogP contribution in [0, 0.1) is 5.92 Å². The van der Waals surface area contributed by atoms with Gasteiger partial charge < -0.3 is 9.47 Å².